The average molecular weight is 290 g/mol. The first-order valence-electron chi connectivity index (χ1n) is 5.84. The first-order chi connectivity index (χ1) is 8.69. The Labute approximate surface area is 112 Å². The fourth-order valence-corrected chi connectivity index (χ4v) is 2.85. The van der Waals surface area contributed by atoms with Crippen LogP contribution in [-0.2, 0) is 20.6 Å². The minimum Gasteiger partial charge on any atom is -0.480 e. The van der Waals surface area contributed by atoms with Gasteiger partial charge in [0.2, 0.25) is 10.0 Å². The Hall–Kier alpha value is -1.41. The highest BCUT2D eigenvalue weighted by atomic mass is 32.2. The van der Waals surface area contributed by atoms with Crippen molar-refractivity contribution in [2.75, 3.05) is 0 Å². The van der Waals surface area contributed by atoms with Crippen molar-refractivity contribution in [3.63, 3.8) is 0 Å². The minimum atomic E-state index is -3.76. The second-order valence-electron chi connectivity index (χ2n) is 4.83. The van der Waals surface area contributed by atoms with Crippen LogP contribution in [0.4, 0.5) is 0 Å². The minimum absolute atomic E-state index is 0.0677. The zero-order valence-corrected chi connectivity index (χ0v) is 11.9. The summed E-state index contributed by atoms with van der Waals surface area (Å²) in [6.07, 6.45) is 0.229. The normalized spacial score (nSPS) is 13.7. The fourth-order valence-electron chi connectivity index (χ4n) is 1.61. The highest BCUT2D eigenvalue weighted by molar-refractivity contribution is 7.88. The Morgan fingerprint density at radius 3 is 2.58 bits per heavy atom. The van der Waals surface area contributed by atoms with Gasteiger partial charge >= 0.3 is 5.97 Å². The Morgan fingerprint density at radius 1 is 1.53 bits per heavy atom. The van der Waals surface area contributed by atoms with E-state index in [0.29, 0.717) is 5.76 Å². The van der Waals surface area contributed by atoms with Gasteiger partial charge < -0.3 is 9.63 Å². The molecule has 0 aliphatic rings. The molecule has 0 spiro atoms. The number of carboxylic acids is 1. The van der Waals surface area contributed by atoms with Crippen LogP contribution in [0.2, 0.25) is 0 Å². The molecule has 1 unspecified atom stereocenters. The number of carboxylic acid groups (broad SMARTS) is 1. The topological polar surface area (TPSA) is 110 Å². The highest BCUT2D eigenvalue weighted by Crippen LogP contribution is 2.10. The van der Waals surface area contributed by atoms with Crippen molar-refractivity contribution < 1.29 is 22.8 Å². The Balaban J connectivity index is 2.74. The van der Waals surface area contributed by atoms with Gasteiger partial charge in [-0.05, 0) is 19.3 Å². The summed E-state index contributed by atoms with van der Waals surface area (Å²) >= 11 is 0. The molecule has 1 rings (SSSR count). The molecule has 0 aliphatic heterocycles. The zero-order valence-electron chi connectivity index (χ0n) is 11.1. The lowest BCUT2D eigenvalue weighted by atomic mass is 10.1. The molecular weight excluding hydrogens is 272 g/mol. The highest BCUT2D eigenvalue weighted by Gasteiger charge is 2.25. The molecule has 1 heterocycles. The van der Waals surface area contributed by atoms with Crippen LogP contribution in [0, 0.1) is 12.8 Å². The van der Waals surface area contributed by atoms with E-state index in [4.69, 9.17) is 9.63 Å². The quantitative estimate of drug-likeness (QED) is 0.772. The van der Waals surface area contributed by atoms with Crippen LogP contribution < -0.4 is 4.72 Å². The van der Waals surface area contributed by atoms with Gasteiger partial charge in [0.1, 0.15) is 23.2 Å². The Bertz CT molecular complexity index is 535. The van der Waals surface area contributed by atoms with Crippen LogP contribution in [0.25, 0.3) is 0 Å². The van der Waals surface area contributed by atoms with Crippen LogP contribution in [0.5, 0.6) is 0 Å². The lowest BCUT2D eigenvalue weighted by Gasteiger charge is -2.16. The van der Waals surface area contributed by atoms with E-state index in [-0.39, 0.29) is 18.0 Å². The van der Waals surface area contributed by atoms with Gasteiger partial charge in [0.25, 0.3) is 0 Å². The molecule has 0 aromatic carbocycles. The van der Waals surface area contributed by atoms with Crippen molar-refractivity contribution in [2.45, 2.75) is 39.0 Å². The van der Waals surface area contributed by atoms with Gasteiger partial charge in [-0.25, -0.2) is 13.1 Å². The van der Waals surface area contributed by atoms with Gasteiger partial charge in [0.15, 0.2) is 0 Å². The van der Waals surface area contributed by atoms with E-state index in [1.165, 1.54) is 6.07 Å². The summed E-state index contributed by atoms with van der Waals surface area (Å²) in [4.78, 5) is 11.0. The summed E-state index contributed by atoms with van der Waals surface area (Å²) in [5, 5.41) is 12.6. The molecule has 108 valence electrons. The number of rotatable bonds is 7. The van der Waals surface area contributed by atoms with Gasteiger partial charge in [-0.15, -0.1) is 0 Å². The van der Waals surface area contributed by atoms with Crippen LogP contribution >= 0.6 is 0 Å². The Kier molecular flexibility index (Phi) is 5.07. The van der Waals surface area contributed by atoms with E-state index >= 15 is 0 Å². The number of aryl methyl sites for hydroxylation is 1. The molecule has 19 heavy (non-hydrogen) atoms. The fraction of sp³-hybridized carbons (Fsp3) is 0.636. The largest absolute Gasteiger partial charge is 0.480 e. The van der Waals surface area contributed by atoms with E-state index in [9.17, 15) is 13.2 Å². The number of aromatic nitrogens is 1. The van der Waals surface area contributed by atoms with E-state index in [0.717, 1.165) is 0 Å². The monoisotopic (exact) mass is 290 g/mol. The lowest BCUT2D eigenvalue weighted by Crippen LogP contribution is -2.42. The van der Waals surface area contributed by atoms with Crippen molar-refractivity contribution in [3.05, 3.63) is 17.5 Å². The number of carbonyl (C=O) groups is 1. The maximum Gasteiger partial charge on any atom is 0.321 e. The lowest BCUT2D eigenvalue weighted by molar-refractivity contribution is -0.139. The Morgan fingerprint density at radius 2 is 2.16 bits per heavy atom. The molecule has 0 amide bonds. The summed E-state index contributed by atoms with van der Waals surface area (Å²) in [6, 6.07) is 0.371. The molecule has 0 bridgehead atoms. The summed E-state index contributed by atoms with van der Waals surface area (Å²) in [5.74, 6) is -1.01. The second kappa shape index (κ2) is 6.16. The molecule has 0 saturated heterocycles. The summed E-state index contributed by atoms with van der Waals surface area (Å²) in [5.41, 5.74) is 0.249. The molecule has 1 atom stereocenters. The molecule has 1 aromatic rings. The zero-order chi connectivity index (χ0) is 14.6. The number of hydrogen-bond acceptors (Lipinski definition) is 5. The van der Waals surface area contributed by atoms with Gasteiger partial charge in [-0.1, -0.05) is 19.0 Å². The molecule has 7 nitrogen and oxygen atoms in total. The van der Waals surface area contributed by atoms with Crippen molar-refractivity contribution in [1.29, 1.82) is 0 Å². The number of aliphatic carboxylic acids is 1. The van der Waals surface area contributed by atoms with Gasteiger partial charge in [-0.2, -0.15) is 0 Å². The van der Waals surface area contributed by atoms with Gasteiger partial charge in [0, 0.05) is 6.07 Å². The third-order valence-corrected chi connectivity index (χ3v) is 3.66. The molecule has 0 fully saturated rings. The predicted octanol–water partition coefficient (Wildman–Crippen LogP) is 0.902. The number of hydrogen-bond donors (Lipinski definition) is 2. The first kappa shape index (κ1) is 15.6. The maximum atomic E-state index is 11.8. The summed E-state index contributed by atoms with van der Waals surface area (Å²) in [7, 11) is -3.76. The number of nitrogens with one attached hydrogen (secondary N) is 1. The van der Waals surface area contributed by atoms with Crippen molar-refractivity contribution in [3.8, 4) is 0 Å². The average Bonchev–Trinajstić information content (AvgIpc) is 2.60. The molecular formula is C11H18N2O5S. The van der Waals surface area contributed by atoms with Crippen molar-refractivity contribution in [2.24, 2.45) is 5.92 Å². The molecule has 8 heteroatoms. The van der Waals surface area contributed by atoms with Crippen molar-refractivity contribution in [1.82, 2.24) is 9.88 Å². The number of sulfonamides is 1. The van der Waals surface area contributed by atoms with E-state index in [2.05, 4.69) is 9.88 Å². The third-order valence-electron chi connectivity index (χ3n) is 2.34. The summed E-state index contributed by atoms with van der Waals surface area (Å²) < 4.78 is 30.6. The smallest absolute Gasteiger partial charge is 0.321 e. The van der Waals surface area contributed by atoms with Gasteiger partial charge in [0.05, 0.1) is 0 Å². The van der Waals surface area contributed by atoms with E-state index in [1.54, 1.807) is 6.92 Å². The second-order valence-corrected chi connectivity index (χ2v) is 6.58. The van der Waals surface area contributed by atoms with E-state index < -0.39 is 27.8 Å². The molecule has 1 aromatic heterocycles. The molecule has 0 saturated carbocycles. The standard InChI is InChI=1S/C11H18N2O5S/c1-7(2)4-10(11(14)15)13-19(16,17)6-9-5-8(3)18-12-9/h5,7,10,13H,4,6H2,1-3H3,(H,14,15). The maximum absolute atomic E-state index is 11.8. The molecule has 2 N–H and O–H groups in total. The van der Waals surface area contributed by atoms with Gasteiger partial charge in [-0.3, -0.25) is 4.79 Å². The molecule has 0 aliphatic carbocycles. The van der Waals surface area contributed by atoms with Crippen LogP contribution in [0.15, 0.2) is 10.6 Å². The molecule has 0 radical (unpaired) electrons. The SMILES string of the molecule is Cc1cc(CS(=O)(=O)NC(CC(C)C)C(=O)O)no1. The predicted molar refractivity (Wildman–Crippen MR) is 67.9 cm³/mol. The van der Waals surface area contributed by atoms with Crippen LogP contribution in [0.3, 0.4) is 0 Å². The first-order valence-corrected chi connectivity index (χ1v) is 7.50. The third kappa shape index (κ3) is 5.39. The van der Waals surface area contributed by atoms with Crippen LogP contribution in [0.1, 0.15) is 31.7 Å². The summed E-state index contributed by atoms with van der Waals surface area (Å²) in [6.45, 7) is 5.30. The number of nitrogens with zero attached hydrogens (tertiary/aromatic N) is 1. The van der Waals surface area contributed by atoms with E-state index in [1.807, 2.05) is 13.8 Å². The van der Waals surface area contributed by atoms with Crippen molar-refractivity contribution >= 4 is 16.0 Å². The van der Waals surface area contributed by atoms with Crippen LogP contribution in [-0.4, -0.2) is 30.7 Å².